The van der Waals surface area contributed by atoms with Gasteiger partial charge in [0.1, 0.15) is 5.01 Å². The van der Waals surface area contributed by atoms with Crippen LogP contribution < -0.4 is 16.0 Å². The monoisotopic (exact) mass is 331 g/mol. The summed E-state index contributed by atoms with van der Waals surface area (Å²) in [5.41, 5.74) is 2.94. The number of nitrogens with zero attached hydrogens (tertiary/aromatic N) is 2. The lowest BCUT2D eigenvalue weighted by Crippen LogP contribution is -2.31. The summed E-state index contributed by atoms with van der Waals surface area (Å²) >= 11 is 1.32. The number of carbonyl (C=O) groups excluding carboxylic acids is 2. The van der Waals surface area contributed by atoms with Gasteiger partial charge in [-0.15, -0.1) is 10.2 Å². The largest absolute Gasteiger partial charge is 0.331 e. The van der Waals surface area contributed by atoms with Crippen LogP contribution in [0.4, 0.5) is 15.6 Å². The third-order valence-corrected chi connectivity index (χ3v) is 4.37. The van der Waals surface area contributed by atoms with Crippen molar-refractivity contribution in [3.8, 4) is 0 Å². The molecular formula is C15H17N5O2S. The smallest absolute Gasteiger partial charge is 0.321 e. The SMILES string of the molecule is Cc1nnc(NC(=O)N[C@@H](C)c2ccc3c(c2)CCC(=O)N3)s1. The number of amides is 3. The first-order chi connectivity index (χ1) is 11.0. The van der Waals surface area contributed by atoms with E-state index in [4.69, 9.17) is 0 Å². The standard InChI is InChI=1S/C15H17N5O2S/c1-8(16-14(22)18-15-20-19-9(2)23-15)10-3-5-12-11(7-10)4-6-13(21)17-12/h3,5,7-8H,4,6H2,1-2H3,(H,17,21)(H2,16,18,20,22)/t8-/m0/s1. The second-order valence-corrected chi connectivity index (χ2v) is 6.59. The van der Waals surface area contributed by atoms with E-state index in [0.717, 1.165) is 28.2 Å². The van der Waals surface area contributed by atoms with E-state index in [2.05, 4.69) is 26.1 Å². The molecule has 1 atom stereocenters. The first kappa shape index (κ1) is 15.4. The van der Waals surface area contributed by atoms with Crippen LogP contribution in [0.2, 0.25) is 0 Å². The lowest BCUT2D eigenvalue weighted by molar-refractivity contribution is -0.116. The van der Waals surface area contributed by atoms with Crippen molar-refractivity contribution in [2.75, 3.05) is 10.6 Å². The van der Waals surface area contributed by atoms with Crippen molar-refractivity contribution in [1.29, 1.82) is 0 Å². The number of benzene rings is 1. The second-order valence-electron chi connectivity index (χ2n) is 5.41. The number of rotatable bonds is 3. The number of hydrogen-bond acceptors (Lipinski definition) is 5. The Labute approximate surface area is 137 Å². The highest BCUT2D eigenvalue weighted by Crippen LogP contribution is 2.26. The van der Waals surface area contributed by atoms with E-state index in [1.54, 1.807) is 0 Å². The zero-order valence-corrected chi connectivity index (χ0v) is 13.7. The molecule has 0 saturated carbocycles. The highest BCUT2D eigenvalue weighted by Gasteiger charge is 2.17. The van der Waals surface area contributed by atoms with E-state index in [9.17, 15) is 9.59 Å². The molecule has 3 N–H and O–H groups in total. The Balaban J connectivity index is 1.65. The molecule has 3 rings (SSSR count). The van der Waals surface area contributed by atoms with Crippen LogP contribution in [0.5, 0.6) is 0 Å². The number of aryl methyl sites for hydroxylation is 2. The lowest BCUT2D eigenvalue weighted by Gasteiger charge is -2.20. The molecule has 0 radical (unpaired) electrons. The number of urea groups is 1. The molecule has 0 aliphatic carbocycles. The Bertz CT molecular complexity index is 758. The van der Waals surface area contributed by atoms with Gasteiger partial charge in [-0.25, -0.2) is 4.79 Å². The molecule has 0 unspecified atom stereocenters. The summed E-state index contributed by atoms with van der Waals surface area (Å²) in [6, 6.07) is 5.33. The van der Waals surface area contributed by atoms with E-state index in [0.29, 0.717) is 11.6 Å². The number of carbonyl (C=O) groups is 2. The van der Waals surface area contributed by atoms with Gasteiger partial charge >= 0.3 is 6.03 Å². The Morgan fingerprint density at radius 1 is 1.35 bits per heavy atom. The van der Waals surface area contributed by atoms with E-state index in [1.807, 2.05) is 32.0 Å². The third-order valence-electron chi connectivity index (χ3n) is 3.62. The number of nitrogens with one attached hydrogen (secondary N) is 3. The van der Waals surface area contributed by atoms with Gasteiger partial charge in [0.25, 0.3) is 0 Å². The minimum absolute atomic E-state index is 0.0446. The van der Waals surface area contributed by atoms with Gasteiger partial charge in [0.2, 0.25) is 11.0 Å². The van der Waals surface area contributed by atoms with Gasteiger partial charge in [-0.2, -0.15) is 0 Å². The van der Waals surface area contributed by atoms with Gasteiger partial charge in [-0.05, 0) is 37.5 Å². The number of aromatic nitrogens is 2. The quantitative estimate of drug-likeness (QED) is 0.805. The first-order valence-corrected chi connectivity index (χ1v) is 8.13. The Morgan fingerprint density at radius 2 is 2.17 bits per heavy atom. The predicted molar refractivity (Wildman–Crippen MR) is 88.6 cm³/mol. The average molecular weight is 331 g/mol. The van der Waals surface area contributed by atoms with E-state index >= 15 is 0 Å². The minimum atomic E-state index is -0.320. The van der Waals surface area contributed by atoms with Crippen molar-refractivity contribution in [1.82, 2.24) is 15.5 Å². The van der Waals surface area contributed by atoms with Crippen molar-refractivity contribution in [3.63, 3.8) is 0 Å². The normalized spacial score (nSPS) is 14.6. The van der Waals surface area contributed by atoms with Crippen LogP contribution in [-0.4, -0.2) is 22.1 Å². The Morgan fingerprint density at radius 3 is 2.91 bits per heavy atom. The van der Waals surface area contributed by atoms with Crippen LogP contribution in [0.15, 0.2) is 18.2 Å². The van der Waals surface area contributed by atoms with Crippen molar-refractivity contribution in [2.45, 2.75) is 32.7 Å². The highest BCUT2D eigenvalue weighted by molar-refractivity contribution is 7.15. The molecule has 1 aromatic heterocycles. The summed E-state index contributed by atoms with van der Waals surface area (Å²) in [6.07, 6.45) is 1.22. The van der Waals surface area contributed by atoms with Gasteiger partial charge in [0.05, 0.1) is 6.04 Å². The number of fused-ring (bicyclic) bond motifs is 1. The fraction of sp³-hybridized carbons (Fsp3) is 0.333. The molecule has 0 fully saturated rings. The van der Waals surface area contributed by atoms with Gasteiger partial charge in [0.15, 0.2) is 0 Å². The zero-order valence-electron chi connectivity index (χ0n) is 12.8. The lowest BCUT2D eigenvalue weighted by atomic mass is 9.98. The van der Waals surface area contributed by atoms with Gasteiger partial charge in [-0.3, -0.25) is 10.1 Å². The molecule has 3 amide bonds. The highest BCUT2D eigenvalue weighted by atomic mass is 32.1. The van der Waals surface area contributed by atoms with Crippen LogP contribution >= 0.6 is 11.3 Å². The van der Waals surface area contributed by atoms with Crippen LogP contribution in [0, 0.1) is 6.92 Å². The van der Waals surface area contributed by atoms with Crippen LogP contribution in [0.3, 0.4) is 0 Å². The topological polar surface area (TPSA) is 96.0 Å². The van der Waals surface area contributed by atoms with Gasteiger partial charge < -0.3 is 10.6 Å². The Kier molecular flexibility index (Phi) is 4.24. The van der Waals surface area contributed by atoms with E-state index in [-0.39, 0.29) is 18.0 Å². The van der Waals surface area contributed by atoms with Gasteiger partial charge in [-0.1, -0.05) is 23.5 Å². The fourth-order valence-electron chi connectivity index (χ4n) is 2.43. The predicted octanol–water partition coefficient (Wildman–Crippen LogP) is 2.61. The molecule has 1 aliphatic heterocycles. The van der Waals surface area contributed by atoms with Crippen LogP contribution in [0.1, 0.15) is 35.5 Å². The van der Waals surface area contributed by atoms with E-state index < -0.39 is 0 Å². The summed E-state index contributed by atoms with van der Waals surface area (Å²) in [6.45, 7) is 3.74. The molecule has 23 heavy (non-hydrogen) atoms. The molecule has 8 heteroatoms. The fourth-order valence-corrected chi connectivity index (χ4v) is 3.02. The molecule has 1 aliphatic rings. The molecule has 7 nitrogen and oxygen atoms in total. The second kappa shape index (κ2) is 6.33. The molecule has 2 heterocycles. The summed E-state index contributed by atoms with van der Waals surface area (Å²) in [7, 11) is 0. The molecule has 120 valence electrons. The molecule has 1 aromatic carbocycles. The molecule has 0 saturated heterocycles. The molecular weight excluding hydrogens is 314 g/mol. The number of anilines is 2. The van der Waals surface area contributed by atoms with Gasteiger partial charge in [0, 0.05) is 12.1 Å². The molecule has 2 aromatic rings. The van der Waals surface area contributed by atoms with Crippen LogP contribution in [0.25, 0.3) is 0 Å². The van der Waals surface area contributed by atoms with Crippen molar-refractivity contribution in [3.05, 3.63) is 34.3 Å². The van der Waals surface area contributed by atoms with Crippen molar-refractivity contribution < 1.29 is 9.59 Å². The first-order valence-electron chi connectivity index (χ1n) is 7.31. The summed E-state index contributed by atoms with van der Waals surface area (Å²) < 4.78 is 0. The van der Waals surface area contributed by atoms with Crippen molar-refractivity contribution in [2.24, 2.45) is 0 Å². The van der Waals surface area contributed by atoms with E-state index in [1.165, 1.54) is 11.3 Å². The van der Waals surface area contributed by atoms with Crippen LogP contribution in [-0.2, 0) is 11.2 Å². The maximum Gasteiger partial charge on any atom is 0.321 e. The third kappa shape index (κ3) is 3.65. The molecule has 0 bridgehead atoms. The average Bonchev–Trinajstić information content (AvgIpc) is 2.91. The minimum Gasteiger partial charge on any atom is -0.331 e. The number of hydrogen-bond donors (Lipinski definition) is 3. The summed E-state index contributed by atoms with van der Waals surface area (Å²) in [5, 5.41) is 17.4. The maximum atomic E-state index is 12.0. The Hall–Kier alpha value is -2.48. The maximum absolute atomic E-state index is 12.0. The van der Waals surface area contributed by atoms with Crippen molar-refractivity contribution >= 4 is 34.1 Å². The summed E-state index contributed by atoms with van der Waals surface area (Å²) in [4.78, 5) is 23.4. The molecule has 0 spiro atoms. The summed E-state index contributed by atoms with van der Waals surface area (Å²) in [5.74, 6) is 0.0446. The zero-order chi connectivity index (χ0) is 16.4.